The monoisotopic (exact) mass is 308 g/mol. The number of aryl methyl sites for hydroxylation is 1. The molecule has 0 aliphatic carbocycles. The van der Waals surface area contributed by atoms with E-state index in [1.807, 2.05) is 36.7 Å². The Morgan fingerprint density at radius 1 is 1.43 bits per heavy atom. The van der Waals surface area contributed by atoms with Crippen LogP contribution >= 0.6 is 11.6 Å². The minimum atomic E-state index is -0.346. The van der Waals surface area contributed by atoms with Crippen molar-refractivity contribution in [2.45, 2.75) is 33.1 Å². The second kappa shape index (κ2) is 6.48. The molecule has 0 aliphatic rings. The van der Waals surface area contributed by atoms with Gasteiger partial charge in [-0.1, -0.05) is 25.4 Å². The first kappa shape index (κ1) is 15.8. The molecule has 0 fully saturated rings. The van der Waals surface area contributed by atoms with Crippen molar-refractivity contribution in [3.8, 4) is 0 Å². The van der Waals surface area contributed by atoms with Crippen LogP contribution in [0.5, 0.6) is 0 Å². The molecule has 1 atom stereocenters. The van der Waals surface area contributed by atoms with Gasteiger partial charge in [-0.15, -0.1) is 0 Å². The molecule has 1 aromatic heterocycles. The van der Waals surface area contributed by atoms with Crippen LogP contribution in [0.3, 0.4) is 0 Å². The predicted molar refractivity (Wildman–Crippen MR) is 84.6 cm³/mol. The van der Waals surface area contributed by atoms with Crippen LogP contribution in [0.2, 0.25) is 5.02 Å². The Balaban J connectivity index is 2.48. The largest absolute Gasteiger partial charge is 0.465 e. The van der Waals surface area contributed by atoms with Crippen LogP contribution < -0.4 is 0 Å². The van der Waals surface area contributed by atoms with Crippen molar-refractivity contribution in [3.05, 3.63) is 29.0 Å². The number of carbonyl (C=O) groups is 1. The Hall–Kier alpha value is -1.55. The number of esters is 1. The van der Waals surface area contributed by atoms with Gasteiger partial charge in [0.2, 0.25) is 0 Å². The quantitative estimate of drug-likeness (QED) is 0.786. The van der Waals surface area contributed by atoms with E-state index in [1.165, 1.54) is 0 Å². The Bertz CT molecular complexity index is 649. The molecule has 5 heteroatoms. The van der Waals surface area contributed by atoms with Crippen LogP contribution in [-0.4, -0.2) is 22.1 Å². The normalized spacial score (nSPS) is 12.9. The molecule has 0 bridgehead atoms. The van der Waals surface area contributed by atoms with Gasteiger partial charge in [0, 0.05) is 12.1 Å². The number of hydrogen-bond acceptors (Lipinski definition) is 3. The van der Waals surface area contributed by atoms with Gasteiger partial charge in [-0.05, 0) is 37.5 Å². The number of halogens is 1. The zero-order valence-electron chi connectivity index (χ0n) is 12.9. The molecule has 0 aliphatic heterocycles. The van der Waals surface area contributed by atoms with Crippen molar-refractivity contribution in [2.75, 3.05) is 6.61 Å². The minimum absolute atomic E-state index is 0.212. The molecule has 1 aromatic carbocycles. The molecule has 1 heterocycles. The fourth-order valence-corrected chi connectivity index (χ4v) is 2.69. The molecule has 21 heavy (non-hydrogen) atoms. The van der Waals surface area contributed by atoms with E-state index in [-0.39, 0.29) is 11.9 Å². The van der Waals surface area contributed by atoms with E-state index in [2.05, 4.69) is 18.8 Å². The topological polar surface area (TPSA) is 44.1 Å². The number of nitrogens with zero attached hydrogens (tertiary/aromatic N) is 2. The maximum Gasteiger partial charge on any atom is 0.316 e. The standard InChI is InChI=1S/C16H21ClN2O2/c1-5-21-16(20)12(8-10(2)3)15-18-13-9-11(17)6-7-14(13)19(15)4/h6-7,9-10,12H,5,8H2,1-4H3. The third kappa shape index (κ3) is 3.38. The molecular formula is C16H21ClN2O2. The highest BCUT2D eigenvalue weighted by Gasteiger charge is 2.28. The van der Waals surface area contributed by atoms with Gasteiger partial charge in [0.25, 0.3) is 0 Å². The third-order valence-corrected chi connectivity index (χ3v) is 3.70. The number of hydrogen-bond donors (Lipinski definition) is 0. The average molecular weight is 309 g/mol. The van der Waals surface area contributed by atoms with Crippen LogP contribution in [0.25, 0.3) is 11.0 Å². The highest BCUT2D eigenvalue weighted by molar-refractivity contribution is 6.31. The van der Waals surface area contributed by atoms with Gasteiger partial charge >= 0.3 is 5.97 Å². The lowest BCUT2D eigenvalue weighted by molar-refractivity contribution is -0.145. The van der Waals surface area contributed by atoms with Gasteiger partial charge in [-0.3, -0.25) is 4.79 Å². The van der Waals surface area contributed by atoms with E-state index in [9.17, 15) is 4.79 Å². The molecule has 0 radical (unpaired) electrons. The molecule has 2 rings (SSSR count). The zero-order valence-corrected chi connectivity index (χ0v) is 13.6. The van der Waals surface area contributed by atoms with Crippen LogP contribution in [0.4, 0.5) is 0 Å². The van der Waals surface area contributed by atoms with Crippen molar-refractivity contribution in [1.29, 1.82) is 0 Å². The SMILES string of the molecule is CCOC(=O)C(CC(C)C)c1nc2cc(Cl)ccc2n1C. The van der Waals surface area contributed by atoms with E-state index in [0.717, 1.165) is 16.9 Å². The predicted octanol–water partition coefficient (Wildman–Crippen LogP) is 3.92. The molecule has 114 valence electrons. The molecule has 0 saturated heterocycles. The number of carbonyl (C=O) groups excluding carboxylic acids is 1. The molecule has 0 amide bonds. The van der Waals surface area contributed by atoms with Crippen molar-refractivity contribution in [1.82, 2.24) is 9.55 Å². The van der Waals surface area contributed by atoms with Crippen molar-refractivity contribution >= 4 is 28.6 Å². The highest BCUT2D eigenvalue weighted by Crippen LogP contribution is 2.28. The summed E-state index contributed by atoms with van der Waals surface area (Å²) in [5.74, 6) is 0.555. The number of aromatic nitrogens is 2. The van der Waals surface area contributed by atoms with Crippen molar-refractivity contribution in [3.63, 3.8) is 0 Å². The number of ether oxygens (including phenoxy) is 1. The van der Waals surface area contributed by atoms with E-state index < -0.39 is 0 Å². The third-order valence-electron chi connectivity index (χ3n) is 3.47. The van der Waals surface area contributed by atoms with Crippen LogP contribution in [-0.2, 0) is 16.6 Å². The summed E-state index contributed by atoms with van der Waals surface area (Å²) in [6.45, 7) is 6.37. The maximum absolute atomic E-state index is 12.3. The van der Waals surface area contributed by atoms with E-state index in [1.54, 1.807) is 0 Å². The summed E-state index contributed by atoms with van der Waals surface area (Å²) in [6, 6.07) is 5.57. The number of benzene rings is 1. The molecule has 0 saturated carbocycles. The van der Waals surface area contributed by atoms with E-state index in [4.69, 9.17) is 16.3 Å². The summed E-state index contributed by atoms with van der Waals surface area (Å²) < 4.78 is 7.17. The Morgan fingerprint density at radius 3 is 2.76 bits per heavy atom. The van der Waals surface area contributed by atoms with Crippen molar-refractivity contribution < 1.29 is 9.53 Å². The van der Waals surface area contributed by atoms with Gasteiger partial charge < -0.3 is 9.30 Å². The Kier molecular flexibility index (Phi) is 4.88. The van der Waals surface area contributed by atoms with Crippen LogP contribution in [0, 0.1) is 5.92 Å². The summed E-state index contributed by atoms with van der Waals surface area (Å²) in [4.78, 5) is 16.9. The number of imidazole rings is 1. The van der Waals surface area contributed by atoms with Gasteiger partial charge in [0.05, 0.1) is 17.6 Å². The molecule has 4 nitrogen and oxygen atoms in total. The highest BCUT2D eigenvalue weighted by atomic mass is 35.5. The molecule has 1 unspecified atom stereocenters. The van der Waals surface area contributed by atoms with E-state index in [0.29, 0.717) is 24.0 Å². The molecule has 2 aromatic rings. The average Bonchev–Trinajstić information content (AvgIpc) is 2.72. The Morgan fingerprint density at radius 2 is 2.14 bits per heavy atom. The fraction of sp³-hybridized carbons (Fsp3) is 0.500. The summed E-state index contributed by atoms with van der Waals surface area (Å²) >= 11 is 6.02. The van der Waals surface area contributed by atoms with Crippen molar-refractivity contribution in [2.24, 2.45) is 13.0 Å². The molecular weight excluding hydrogens is 288 g/mol. The Labute approximate surface area is 130 Å². The summed E-state index contributed by atoms with van der Waals surface area (Å²) in [7, 11) is 1.92. The molecule has 0 N–H and O–H groups in total. The lowest BCUT2D eigenvalue weighted by Gasteiger charge is -2.17. The summed E-state index contributed by atoms with van der Waals surface area (Å²) in [6.07, 6.45) is 0.712. The first-order valence-electron chi connectivity index (χ1n) is 7.22. The van der Waals surface area contributed by atoms with Gasteiger partial charge in [0.15, 0.2) is 0 Å². The summed E-state index contributed by atoms with van der Waals surface area (Å²) in [5, 5.41) is 0.642. The zero-order chi connectivity index (χ0) is 15.6. The second-order valence-electron chi connectivity index (χ2n) is 5.60. The number of rotatable bonds is 5. The van der Waals surface area contributed by atoms with Crippen LogP contribution in [0.1, 0.15) is 38.9 Å². The second-order valence-corrected chi connectivity index (χ2v) is 6.03. The molecule has 0 spiro atoms. The maximum atomic E-state index is 12.3. The smallest absolute Gasteiger partial charge is 0.316 e. The first-order valence-corrected chi connectivity index (χ1v) is 7.60. The van der Waals surface area contributed by atoms with Gasteiger partial charge in [-0.25, -0.2) is 4.98 Å². The first-order chi connectivity index (χ1) is 9.93. The van der Waals surface area contributed by atoms with Gasteiger partial charge in [0.1, 0.15) is 11.7 Å². The minimum Gasteiger partial charge on any atom is -0.465 e. The summed E-state index contributed by atoms with van der Waals surface area (Å²) in [5.41, 5.74) is 1.77. The fourth-order valence-electron chi connectivity index (χ4n) is 2.52. The van der Waals surface area contributed by atoms with Crippen LogP contribution in [0.15, 0.2) is 18.2 Å². The number of fused-ring (bicyclic) bond motifs is 1. The van der Waals surface area contributed by atoms with E-state index >= 15 is 0 Å². The van der Waals surface area contributed by atoms with Gasteiger partial charge in [-0.2, -0.15) is 0 Å². The lowest BCUT2D eigenvalue weighted by Crippen LogP contribution is -2.21. The lowest BCUT2D eigenvalue weighted by atomic mass is 9.96.